The molecule has 0 aromatic carbocycles. The van der Waals surface area contributed by atoms with Crippen LogP contribution in [0.15, 0.2) is 10.8 Å². The molecule has 0 nitrogen and oxygen atoms in total. The van der Waals surface area contributed by atoms with Crippen molar-refractivity contribution in [3.8, 4) is 0 Å². The standard InChI is InChI=1S/C18H32S/c1-4-5-6-7-8-9-10-11-12-17-14-19-15-18(17)13-16(2)3/h14-16H,4-13H2,1-3H3. The number of unbranched alkanes of at least 4 members (excludes halogenated alkanes) is 7. The van der Waals surface area contributed by atoms with Gasteiger partial charge in [0.15, 0.2) is 0 Å². The second kappa shape index (κ2) is 10.5. The smallest absolute Gasteiger partial charge is 0.00583 e. The Kier molecular flexibility index (Phi) is 9.24. The summed E-state index contributed by atoms with van der Waals surface area (Å²) in [6.07, 6.45) is 13.9. The molecule has 0 fully saturated rings. The molecule has 1 heteroatoms. The quantitative estimate of drug-likeness (QED) is 0.399. The van der Waals surface area contributed by atoms with Gasteiger partial charge in [-0.15, -0.1) is 0 Å². The number of hydrogen-bond donors (Lipinski definition) is 0. The number of hydrogen-bond acceptors (Lipinski definition) is 1. The molecule has 0 spiro atoms. The molecule has 1 aromatic heterocycles. The third kappa shape index (κ3) is 7.77. The molecule has 0 unspecified atom stereocenters. The van der Waals surface area contributed by atoms with Gasteiger partial charge in [0.05, 0.1) is 0 Å². The van der Waals surface area contributed by atoms with Crippen molar-refractivity contribution in [2.24, 2.45) is 5.92 Å². The molecule has 0 amide bonds. The molecule has 1 aromatic rings. The molecular weight excluding hydrogens is 248 g/mol. The third-order valence-electron chi connectivity index (χ3n) is 3.76. The van der Waals surface area contributed by atoms with E-state index in [1.807, 2.05) is 11.3 Å². The van der Waals surface area contributed by atoms with Crippen molar-refractivity contribution in [2.45, 2.75) is 85.0 Å². The van der Waals surface area contributed by atoms with Gasteiger partial charge in [0, 0.05) is 0 Å². The van der Waals surface area contributed by atoms with E-state index in [0.29, 0.717) is 0 Å². The monoisotopic (exact) mass is 280 g/mol. The lowest BCUT2D eigenvalue weighted by Gasteiger charge is -2.07. The summed E-state index contributed by atoms with van der Waals surface area (Å²) in [6, 6.07) is 0. The molecular formula is C18H32S. The van der Waals surface area contributed by atoms with Crippen LogP contribution in [0.3, 0.4) is 0 Å². The van der Waals surface area contributed by atoms with E-state index in [2.05, 4.69) is 31.5 Å². The summed E-state index contributed by atoms with van der Waals surface area (Å²) >= 11 is 1.89. The van der Waals surface area contributed by atoms with Gasteiger partial charge >= 0.3 is 0 Å². The third-order valence-corrected chi connectivity index (χ3v) is 4.60. The van der Waals surface area contributed by atoms with E-state index in [1.54, 1.807) is 11.1 Å². The lowest BCUT2D eigenvalue weighted by atomic mass is 9.98. The van der Waals surface area contributed by atoms with E-state index in [9.17, 15) is 0 Å². The van der Waals surface area contributed by atoms with Crippen LogP contribution in [0, 0.1) is 5.92 Å². The van der Waals surface area contributed by atoms with Gasteiger partial charge in [0.2, 0.25) is 0 Å². The van der Waals surface area contributed by atoms with Crippen molar-refractivity contribution in [1.82, 2.24) is 0 Å². The van der Waals surface area contributed by atoms with Crippen molar-refractivity contribution < 1.29 is 0 Å². The fourth-order valence-corrected chi connectivity index (χ4v) is 3.55. The summed E-state index contributed by atoms with van der Waals surface area (Å²) in [6.45, 7) is 6.92. The largest absolute Gasteiger partial charge is 0.152 e. The Labute approximate surface area is 124 Å². The van der Waals surface area contributed by atoms with Gasteiger partial charge in [-0.2, -0.15) is 11.3 Å². The molecule has 1 heterocycles. The van der Waals surface area contributed by atoms with Crippen LogP contribution >= 0.6 is 11.3 Å². The minimum absolute atomic E-state index is 0.784. The first-order chi connectivity index (χ1) is 9.24. The second-order valence-corrected chi connectivity index (χ2v) is 6.99. The van der Waals surface area contributed by atoms with Crippen LogP contribution in [-0.4, -0.2) is 0 Å². The number of aryl methyl sites for hydroxylation is 1. The maximum absolute atomic E-state index is 2.37. The maximum atomic E-state index is 2.37. The van der Waals surface area contributed by atoms with Crippen molar-refractivity contribution in [3.63, 3.8) is 0 Å². The van der Waals surface area contributed by atoms with Gasteiger partial charge in [-0.3, -0.25) is 0 Å². The van der Waals surface area contributed by atoms with Gasteiger partial charge in [-0.05, 0) is 47.1 Å². The lowest BCUT2D eigenvalue weighted by molar-refractivity contribution is 0.574. The summed E-state index contributed by atoms with van der Waals surface area (Å²) in [5.41, 5.74) is 3.24. The highest BCUT2D eigenvalue weighted by atomic mass is 32.1. The highest BCUT2D eigenvalue weighted by molar-refractivity contribution is 7.08. The molecule has 0 saturated carbocycles. The van der Waals surface area contributed by atoms with Crippen LogP contribution in [-0.2, 0) is 12.8 Å². The molecule has 0 N–H and O–H groups in total. The predicted molar refractivity (Wildman–Crippen MR) is 89.2 cm³/mol. The summed E-state index contributed by atoms with van der Waals surface area (Å²) < 4.78 is 0. The minimum Gasteiger partial charge on any atom is -0.152 e. The van der Waals surface area contributed by atoms with E-state index >= 15 is 0 Å². The normalized spacial score (nSPS) is 11.4. The van der Waals surface area contributed by atoms with Crippen LogP contribution < -0.4 is 0 Å². The molecule has 0 aliphatic carbocycles. The summed E-state index contributed by atoms with van der Waals surface area (Å²) in [5, 5.41) is 4.74. The zero-order valence-corrected chi connectivity index (χ0v) is 14.0. The molecule has 0 bridgehead atoms. The Morgan fingerprint density at radius 2 is 1.42 bits per heavy atom. The van der Waals surface area contributed by atoms with Crippen LogP contribution in [0.5, 0.6) is 0 Å². The SMILES string of the molecule is CCCCCCCCCCc1cscc1CC(C)C. The van der Waals surface area contributed by atoms with Gasteiger partial charge in [0.25, 0.3) is 0 Å². The summed E-state index contributed by atoms with van der Waals surface area (Å²) in [5.74, 6) is 0.784. The molecule has 0 aliphatic rings. The predicted octanol–water partition coefficient (Wildman–Crippen LogP) is 6.63. The molecule has 110 valence electrons. The zero-order chi connectivity index (χ0) is 13.9. The van der Waals surface area contributed by atoms with Crippen molar-refractivity contribution in [1.29, 1.82) is 0 Å². The first-order valence-corrected chi connectivity index (χ1v) is 9.22. The average molecular weight is 281 g/mol. The fourth-order valence-electron chi connectivity index (χ4n) is 2.64. The van der Waals surface area contributed by atoms with Crippen molar-refractivity contribution in [3.05, 3.63) is 21.9 Å². The molecule has 1 rings (SSSR count). The highest BCUT2D eigenvalue weighted by Gasteiger charge is 2.05. The van der Waals surface area contributed by atoms with Crippen molar-refractivity contribution in [2.75, 3.05) is 0 Å². The Morgan fingerprint density at radius 1 is 0.842 bits per heavy atom. The van der Waals surface area contributed by atoms with Gasteiger partial charge in [-0.1, -0.05) is 65.7 Å². The average Bonchev–Trinajstić information content (AvgIpc) is 2.79. The van der Waals surface area contributed by atoms with Gasteiger partial charge < -0.3 is 0 Å². The zero-order valence-electron chi connectivity index (χ0n) is 13.2. The van der Waals surface area contributed by atoms with Crippen LogP contribution in [0.1, 0.15) is 83.3 Å². The van der Waals surface area contributed by atoms with Crippen molar-refractivity contribution >= 4 is 11.3 Å². The van der Waals surface area contributed by atoms with E-state index in [4.69, 9.17) is 0 Å². The number of thiophene rings is 1. The Hall–Kier alpha value is -0.300. The molecule has 0 radical (unpaired) electrons. The Bertz CT molecular complexity index is 311. The number of rotatable bonds is 11. The Balaban J connectivity index is 2.07. The first-order valence-electron chi connectivity index (χ1n) is 8.28. The summed E-state index contributed by atoms with van der Waals surface area (Å²) in [4.78, 5) is 0. The molecule has 0 aliphatic heterocycles. The minimum atomic E-state index is 0.784. The second-order valence-electron chi connectivity index (χ2n) is 6.25. The Morgan fingerprint density at radius 3 is 2.05 bits per heavy atom. The maximum Gasteiger partial charge on any atom is -0.00583 e. The van der Waals surface area contributed by atoms with E-state index in [-0.39, 0.29) is 0 Å². The lowest BCUT2D eigenvalue weighted by Crippen LogP contribution is -1.96. The molecule has 19 heavy (non-hydrogen) atoms. The van der Waals surface area contributed by atoms with E-state index in [1.165, 1.54) is 64.2 Å². The van der Waals surface area contributed by atoms with Gasteiger partial charge in [-0.25, -0.2) is 0 Å². The van der Waals surface area contributed by atoms with Gasteiger partial charge in [0.1, 0.15) is 0 Å². The van der Waals surface area contributed by atoms with Crippen LogP contribution in [0.2, 0.25) is 0 Å². The highest BCUT2D eigenvalue weighted by Crippen LogP contribution is 2.21. The fraction of sp³-hybridized carbons (Fsp3) is 0.778. The van der Waals surface area contributed by atoms with Crippen LogP contribution in [0.4, 0.5) is 0 Å². The topological polar surface area (TPSA) is 0 Å². The molecule has 0 atom stereocenters. The first kappa shape index (κ1) is 16.8. The summed E-state index contributed by atoms with van der Waals surface area (Å²) in [7, 11) is 0. The van der Waals surface area contributed by atoms with E-state index < -0.39 is 0 Å². The molecule has 0 saturated heterocycles. The van der Waals surface area contributed by atoms with Crippen LogP contribution in [0.25, 0.3) is 0 Å². The van der Waals surface area contributed by atoms with E-state index in [0.717, 1.165) is 5.92 Å².